The van der Waals surface area contributed by atoms with Crippen LogP contribution < -0.4 is 4.72 Å². The number of benzene rings is 2. The number of non-ortho nitro benzene ring substituents is 1. The van der Waals surface area contributed by atoms with Crippen LogP contribution in [0, 0.1) is 10.1 Å². The molecule has 2 rings (SSSR count). The summed E-state index contributed by atoms with van der Waals surface area (Å²) in [6, 6.07) is 14.1. The highest BCUT2D eigenvalue weighted by atomic mass is 127. The second kappa shape index (κ2) is 6.93. The highest BCUT2D eigenvalue weighted by molar-refractivity contribution is 14.1. The van der Waals surface area contributed by atoms with Gasteiger partial charge in [0.1, 0.15) is 0 Å². The molecule has 1 unspecified atom stereocenters. The van der Waals surface area contributed by atoms with E-state index < -0.39 is 20.5 Å². The molecule has 122 valence electrons. The van der Waals surface area contributed by atoms with Crippen molar-refractivity contribution in [3.8, 4) is 0 Å². The third-order valence-electron chi connectivity index (χ3n) is 3.40. The van der Waals surface area contributed by atoms with Gasteiger partial charge in [0.15, 0.2) is 0 Å². The molecule has 0 heterocycles. The summed E-state index contributed by atoms with van der Waals surface area (Å²) < 4.78 is 28.4. The largest absolute Gasteiger partial charge is 0.269 e. The van der Waals surface area contributed by atoms with Gasteiger partial charge in [0.05, 0.1) is 15.4 Å². The van der Waals surface area contributed by atoms with Gasteiger partial charge < -0.3 is 0 Å². The Balaban J connectivity index is 2.34. The van der Waals surface area contributed by atoms with Gasteiger partial charge in [-0.15, -0.1) is 0 Å². The van der Waals surface area contributed by atoms with Crippen molar-refractivity contribution in [1.82, 2.24) is 4.72 Å². The van der Waals surface area contributed by atoms with Crippen LogP contribution in [0.1, 0.15) is 12.5 Å². The van der Waals surface area contributed by atoms with Gasteiger partial charge >= 0.3 is 0 Å². The van der Waals surface area contributed by atoms with Gasteiger partial charge in [-0.3, -0.25) is 10.1 Å². The molecule has 0 spiro atoms. The number of nitrogens with zero attached hydrogens (tertiary/aromatic N) is 1. The first kappa shape index (κ1) is 17.8. The summed E-state index contributed by atoms with van der Waals surface area (Å²) in [6.45, 7) is 1.80. The van der Waals surface area contributed by atoms with E-state index in [1.165, 1.54) is 24.3 Å². The molecule has 8 heteroatoms. The number of hydrogen-bond acceptors (Lipinski definition) is 4. The molecule has 2 aromatic rings. The number of nitro groups is 1. The fourth-order valence-corrected chi connectivity index (χ4v) is 4.36. The highest BCUT2D eigenvalue weighted by Crippen LogP contribution is 2.26. The summed E-state index contributed by atoms with van der Waals surface area (Å²) in [6.07, 6.45) is 0. The molecule has 0 aliphatic carbocycles. The van der Waals surface area contributed by atoms with E-state index in [-0.39, 0.29) is 10.6 Å². The maximum Gasteiger partial charge on any atom is 0.269 e. The minimum atomic E-state index is -3.80. The van der Waals surface area contributed by atoms with Crippen LogP contribution in [0.4, 0.5) is 5.69 Å². The molecule has 6 nitrogen and oxygen atoms in total. The zero-order valence-electron chi connectivity index (χ0n) is 12.3. The number of nitro benzene ring substituents is 1. The predicted molar refractivity (Wildman–Crippen MR) is 96.1 cm³/mol. The van der Waals surface area contributed by atoms with Crippen molar-refractivity contribution in [2.24, 2.45) is 0 Å². The molecular weight excluding hydrogens is 431 g/mol. The molecule has 2 aromatic carbocycles. The lowest BCUT2D eigenvalue weighted by Gasteiger charge is -2.29. The highest BCUT2D eigenvalue weighted by Gasteiger charge is 2.31. The maximum atomic E-state index is 12.6. The average molecular weight is 446 g/mol. The lowest BCUT2D eigenvalue weighted by molar-refractivity contribution is -0.384. The van der Waals surface area contributed by atoms with Gasteiger partial charge in [-0.05, 0) is 24.6 Å². The van der Waals surface area contributed by atoms with Crippen LogP contribution in [0.15, 0.2) is 59.5 Å². The van der Waals surface area contributed by atoms with E-state index in [0.29, 0.717) is 4.43 Å². The van der Waals surface area contributed by atoms with Crippen molar-refractivity contribution in [3.05, 3.63) is 70.3 Å². The van der Waals surface area contributed by atoms with Crippen molar-refractivity contribution in [2.45, 2.75) is 17.4 Å². The Bertz CT molecular complexity index is 794. The van der Waals surface area contributed by atoms with E-state index >= 15 is 0 Å². The Morgan fingerprint density at radius 3 is 2.17 bits per heavy atom. The van der Waals surface area contributed by atoms with Gasteiger partial charge in [-0.1, -0.05) is 52.9 Å². The van der Waals surface area contributed by atoms with Crippen molar-refractivity contribution in [2.75, 3.05) is 4.43 Å². The van der Waals surface area contributed by atoms with E-state index in [9.17, 15) is 18.5 Å². The summed E-state index contributed by atoms with van der Waals surface area (Å²) in [5.41, 5.74) is -0.0776. The van der Waals surface area contributed by atoms with Gasteiger partial charge in [-0.2, -0.15) is 0 Å². The predicted octanol–water partition coefficient (Wildman–Crippen LogP) is 3.22. The lowest BCUT2D eigenvalue weighted by atomic mass is 9.96. The average Bonchev–Trinajstić information content (AvgIpc) is 2.55. The van der Waals surface area contributed by atoms with Gasteiger partial charge in [0.2, 0.25) is 10.0 Å². The summed E-state index contributed by atoms with van der Waals surface area (Å²) in [5, 5.41) is 10.7. The maximum absolute atomic E-state index is 12.6. The second-order valence-electron chi connectivity index (χ2n) is 5.19. The Morgan fingerprint density at radius 1 is 1.13 bits per heavy atom. The van der Waals surface area contributed by atoms with Gasteiger partial charge in [-0.25, -0.2) is 13.1 Å². The summed E-state index contributed by atoms with van der Waals surface area (Å²) in [4.78, 5) is 10.1. The third kappa shape index (κ3) is 4.06. The fourth-order valence-electron chi connectivity index (χ4n) is 2.07. The van der Waals surface area contributed by atoms with Crippen LogP contribution in [0.5, 0.6) is 0 Å². The smallest absolute Gasteiger partial charge is 0.258 e. The number of hydrogen-bond donors (Lipinski definition) is 1. The number of halogens is 1. The van der Waals surface area contributed by atoms with Crippen molar-refractivity contribution in [1.29, 1.82) is 0 Å². The van der Waals surface area contributed by atoms with Gasteiger partial charge in [0.25, 0.3) is 5.69 Å². The monoisotopic (exact) mass is 446 g/mol. The van der Waals surface area contributed by atoms with Crippen LogP contribution in [0.25, 0.3) is 0 Å². The summed E-state index contributed by atoms with van der Waals surface area (Å²) >= 11 is 2.13. The molecule has 0 aromatic heterocycles. The molecule has 1 atom stereocenters. The molecular formula is C15H15IN2O4S. The SMILES string of the molecule is CC(CI)(NS(=O)(=O)c1ccc([N+](=O)[O-])cc1)c1ccccc1. The molecule has 23 heavy (non-hydrogen) atoms. The van der Waals surface area contributed by atoms with E-state index in [2.05, 4.69) is 27.3 Å². The van der Waals surface area contributed by atoms with Crippen molar-refractivity contribution < 1.29 is 13.3 Å². The van der Waals surface area contributed by atoms with Crippen LogP contribution in [-0.2, 0) is 15.6 Å². The Kier molecular flexibility index (Phi) is 5.37. The van der Waals surface area contributed by atoms with Crippen LogP contribution in [0.3, 0.4) is 0 Å². The first-order valence-corrected chi connectivity index (χ1v) is 9.69. The van der Waals surface area contributed by atoms with Crippen molar-refractivity contribution in [3.63, 3.8) is 0 Å². The minimum absolute atomic E-state index is 0.00453. The van der Waals surface area contributed by atoms with E-state index in [1.54, 1.807) is 6.92 Å². The number of alkyl halides is 1. The van der Waals surface area contributed by atoms with Crippen LogP contribution in [0.2, 0.25) is 0 Å². The molecule has 0 saturated heterocycles. The molecule has 0 saturated carbocycles. The lowest BCUT2D eigenvalue weighted by Crippen LogP contribution is -2.44. The molecule has 0 radical (unpaired) electrons. The molecule has 0 amide bonds. The Labute approximate surface area is 148 Å². The minimum Gasteiger partial charge on any atom is -0.258 e. The first-order chi connectivity index (χ1) is 10.8. The van der Waals surface area contributed by atoms with Crippen LogP contribution in [-0.4, -0.2) is 17.8 Å². The van der Waals surface area contributed by atoms with E-state index in [4.69, 9.17) is 0 Å². The number of nitrogens with one attached hydrogen (secondary N) is 1. The molecule has 0 bridgehead atoms. The number of rotatable bonds is 6. The zero-order chi connectivity index (χ0) is 17.1. The fraction of sp³-hybridized carbons (Fsp3) is 0.200. The normalized spacial score (nSPS) is 14.2. The molecule has 1 N–H and O–H groups in total. The van der Waals surface area contributed by atoms with E-state index in [0.717, 1.165) is 5.56 Å². The molecule has 0 aliphatic rings. The topological polar surface area (TPSA) is 89.3 Å². The third-order valence-corrected chi connectivity index (χ3v) is 6.53. The Hall–Kier alpha value is -1.52. The zero-order valence-corrected chi connectivity index (χ0v) is 15.2. The second-order valence-corrected chi connectivity index (χ2v) is 7.63. The van der Waals surface area contributed by atoms with Crippen molar-refractivity contribution >= 4 is 38.3 Å². The quantitative estimate of drug-likeness (QED) is 0.320. The molecule has 0 aliphatic heterocycles. The summed E-state index contributed by atoms with van der Waals surface area (Å²) in [7, 11) is -3.80. The number of sulfonamides is 1. The van der Waals surface area contributed by atoms with Gasteiger partial charge in [0, 0.05) is 16.6 Å². The van der Waals surface area contributed by atoms with Crippen LogP contribution >= 0.6 is 22.6 Å². The molecule has 0 fully saturated rings. The first-order valence-electron chi connectivity index (χ1n) is 6.68. The summed E-state index contributed by atoms with van der Waals surface area (Å²) in [5.74, 6) is 0. The van der Waals surface area contributed by atoms with E-state index in [1.807, 2.05) is 30.3 Å². The Morgan fingerprint density at radius 2 is 1.70 bits per heavy atom. The standard InChI is InChI=1S/C15H15IN2O4S/c1-15(11-16,12-5-3-2-4-6-12)17-23(21,22)14-9-7-13(8-10-14)18(19)20/h2-10,17H,11H2,1H3.